The SMILES string of the molecule is Cc1ccc(-c2csc(C3CC3)n2)cc1. The highest BCUT2D eigenvalue weighted by Gasteiger charge is 2.26. The van der Waals surface area contributed by atoms with Crippen molar-refractivity contribution >= 4 is 11.3 Å². The molecule has 0 atom stereocenters. The normalized spacial score (nSPS) is 15.5. The van der Waals surface area contributed by atoms with Gasteiger partial charge in [-0.3, -0.25) is 0 Å². The van der Waals surface area contributed by atoms with Crippen LogP contribution in [0.25, 0.3) is 11.3 Å². The molecule has 1 aromatic heterocycles. The highest BCUT2D eigenvalue weighted by Crippen LogP contribution is 2.42. The lowest BCUT2D eigenvalue weighted by Crippen LogP contribution is -1.80. The first-order chi connectivity index (χ1) is 7.33. The molecule has 0 bridgehead atoms. The molecule has 3 rings (SSSR count). The van der Waals surface area contributed by atoms with E-state index < -0.39 is 0 Å². The van der Waals surface area contributed by atoms with Gasteiger partial charge in [-0.15, -0.1) is 11.3 Å². The van der Waals surface area contributed by atoms with Crippen LogP contribution in [0.1, 0.15) is 29.3 Å². The average molecular weight is 215 g/mol. The molecule has 1 heterocycles. The van der Waals surface area contributed by atoms with E-state index in [1.54, 1.807) is 0 Å². The van der Waals surface area contributed by atoms with Crippen LogP contribution in [0.5, 0.6) is 0 Å². The molecule has 0 N–H and O–H groups in total. The molecule has 1 aliphatic carbocycles. The number of benzene rings is 1. The Balaban J connectivity index is 1.93. The molecule has 1 nitrogen and oxygen atoms in total. The zero-order chi connectivity index (χ0) is 10.3. The fourth-order valence-electron chi connectivity index (χ4n) is 1.66. The molecule has 1 aromatic carbocycles. The summed E-state index contributed by atoms with van der Waals surface area (Å²) in [7, 11) is 0. The zero-order valence-corrected chi connectivity index (χ0v) is 9.55. The van der Waals surface area contributed by atoms with Gasteiger partial charge in [0.1, 0.15) is 0 Å². The smallest absolute Gasteiger partial charge is 0.0963 e. The Morgan fingerprint density at radius 3 is 2.60 bits per heavy atom. The minimum Gasteiger partial charge on any atom is -0.241 e. The lowest BCUT2D eigenvalue weighted by atomic mass is 10.1. The summed E-state index contributed by atoms with van der Waals surface area (Å²) >= 11 is 1.81. The van der Waals surface area contributed by atoms with Crippen LogP contribution in [0.15, 0.2) is 29.6 Å². The molecule has 0 unspecified atom stereocenters. The molecule has 2 heteroatoms. The van der Waals surface area contributed by atoms with Crippen LogP contribution in [0, 0.1) is 6.92 Å². The van der Waals surface area contributed by atoms with Crippen LogP contribution in [-0.2, 0) is 0 Å². The number of nitrogens with zero attached hydrogens (tertiary/aromatic N) is 1. The van der Waals surface area contributed by atoms with E-state index in [9.17, 15) is 0 Å². The van der Waals surface area contributed by atoms with Crippen molar-refractivity contribution in [1.29, 1.82) is 0 Å². The third kappa shape index (κ3) is 1.82. The summed E-state index contributed by atoms with van der Waals surface area (Å²) in [6, 6.07) is 8.60. The number of aryl methyl sites for hydroxylation is 1. The maximum atomic E-state index is 4.69. The fourth-order valence-corrected chi connectivity index (χ4v) is 2.66. The van der Waals surface area contributed by atoms with Crippen molar-refractivity contribution in [2.45, 2.75) is 25.7 Å². The van der Waals surface area contributed by atoms with Gasteiger partial charge in [0.2, 0.25) is 0 Å². The summed E-state index contributed by atoms with van der Waals surface area (Å²) in [5.41, 5.74) is 3.68. The number of hydrogen-bond donors (Lipinski definition) is 0. The van der Waals surface area contributed by atoms with Crippen molar-refractivity contribution < 1.29 is 0 Å². The monoisotopic (exact) mass is 215 g/mol. The Labute approximate surface area is 93.8 Å². The molecule has 0 amide bonds. The molecule has 2 aromatic rings. The third-order valence-electron chi connectivity index (χ3n) is 2.80. The number of rotatable bonds is 2. The van der Waals surface area contributed by atoms with Gasteiger partial charge in [0.15, 0.2) is 0 Å². The molecule has 76 valence electrons. The Morgan fingerprint density at radius 2 is 1.93 bits per heavy atom. The van der Waals surface area contributed by atoms with Gasteiger partial charge in [-0.2, -0.15) is 0 Å². The van der Waals surface area contributed by atoms with Gasteiger partial charge >= 0.3 is 0 Å². The molecule has 0 aliphatic heterocycles. The topological polar surface area (TPSA) is 12.9 Å². The Kier molecular flexibility index (Phi) is 2.10. The van der Waals surface area contributed by atoms with Crippen molar-refractivity contribution in [2.75, 3.05) is 0 Å². The van der Waals surface area contributed by atoms with Gasteiger partial charge in [0, 0.05) is 16.9 Å². The van der Waals surface area contributed by atoms with Gasteiger partial charge in [-0.25, -0.2) is 4.98 Å². The van der Waals surface area contributed by atoms with E-state index in [0.717, 1.165) is 11.6 Å². The zero-order valence-electron chi connectivity index (χ0n) is 8.73. The second kappa shape index (κ2) is 3.46. The van der Waals surface area contributed by atoms with E-state index in [0.29, 0.717) is 0 Å². The lowest BCUT2D eigenvalue weighted by molar-refractivity contribution is 1.09. The first-order valence-electron chi connectivity index (χ1n) is 5.35. The standard InChI is InChI=1S/C13H13NS/c1-9-2-4-10(5-3-9)12-8-15-13(14-12)11-6-7-11/h2-5,8,11H,6-7H2,1H3. The van der Waals surface area contributed by atoms with Crippen molar-refractivity contribution in [3.05, 3.63) is 40.2 Å². The molecule has 15 heavy (non-hydrogen) atoms. The van der Waals surface area contributed by atoms with Gasteiger partial charge < -0.3 is 0 Å². The van der Waals surface area contributed by atoms with Crippen LogP contribution in [0.2, 0.25) is 0 Å². The molecule has 1 fully saturated rings. The highest BCUT2D eigenvalue weighted by molar-refractivity contribution is 7.10. The second-order valence-electron chi connectivity index (χ2n) is 4.21. The number of thiazole rings is 1. The summed E-state index contributed by atoms with van der Waals surface area (Å²) in [4.78, 5) is 4.69. The van der Waals surface area contributed by atoms with Gasteiger partial charge in [-0.1, -0.05) is 29.8 Å². The average Bonchev–Trinajstić information content (AvgIpc) is 2.99. The van der Waals surface area contributed by atoms with Crippen molar-refractivity contribution in [3.8, 4) is 11.3 Å². The quantitative estimate of drug-likeness (QED) is 0.738. The van der Waals surface area contributed by atoms with Crippen molar-refractivity contribution in [3.63, 3.8) is 0 Å². The minimum atomic E-state index is 0.772. The highest BCUT2D eigenvalue weighted by atomic mass is 32.1. The molecule has 0 radical (unpaired) electrons. The summed E-state index contributed by atoms with van der Waals surface area (Å²) in [6.45, 7) is 2.11. The molecule has 1 saturated carbocycles. The summed E-state index contributed by atoms with van der Waals surface area (Å²) in [5.74, 6) is 0.772. The summed E-state index contributed by atoms with van der Waals surface area (Å²) in [5, 5.41) is 3.50. The molecule has 0 spiro atoms. The first-order valence-corrected chi connectivity index (χ1v) is 6.23. The largest absolute Gasteiger partial charge is 0.241 e. The van der Waals surface area contributed by atoms with Crippen LogP contribution >= 0.6 is 11.3 Å². The van der Waals surface area contributed by atoms with Crippen LogP contribution < -0.4 is 0 Å². The summed E-state index contributed by atoms with van der Waals surface area (Å²) < 4.78 is 0. The van der Waals surface area contributed by atoms with Crippen molar-refractivity contribution in [1.82, 2.24) is 4.98 Å². The van der Waals surface area contributed by atoms with Gasteiger partial charge in [0.25, 0.3) is 0 Å². The summed E-state index contributed by atoms with van der Waals surface area (Å²) in [6.07, 6.45) is 2.67. The van der Waals surface area contributed by atoms with Crippen LogP contribution in [0.4, 0.5) is 0 Å². The Bertz CT molecular complexity index is 466. The van der Waals surface area contributed by atoms with Crippen molar-refractivity contribution in [2.24, 2.45) is 0 Å². The molecular weight excluding hydrogens is 202 g/mol. The number of aromatic nitrogens is 1. The van der Waals surface area contributed by atoms with Crippen LogP contribution in [0.3, 0.4) is 0 Å². The lowest BCUT2D eigenvalue weighted by Gasteiger charge is -1.96. The molecule has 0 saturated heterocycles. The number of hydrogen-bond acceptors (Lipinski definition) is 2. The minimum absolute atomic E-state index is 0.772. The molecular formula is C13H13NS. The maximum absolute atomic E-state index is 4.69. The van der Waals surface area contributed by atoms with E-state index in [2.05, 4.69) is 36.6 Å². The van der Waals surface area contributed by atoms with E-state index >= 15 is 0 Å². The van der Waals surface area contributed by atoms with E-state index in [1.165, 1.54) is 29.0 Å². The van der Waals surface area contributed by atoms with Gasteiger partial charge in [-0.05, 0) is 19.8 Å². The van der Waals surface area contributed by atoms with E-state index in [1.807, 2.05) is 11.3 Å². The van der Waals surface area contributed by atoms with E-state index in [-0.39, 0.29) is 0 Å². The van der Waals surface area contributed by atoms with E-state index in [4.69, 9.17) is 4.98 Å². The van der Waals surface area contributed by atoms with Gasteiger partial charge in [0.05, 0.1) is 10.7 Å². The second-order valence-corrected chi connectivity index (χ2v) is 5.10. The first kappa shape index (κ1) is 9.10. The Hall–Kier alpha value is -1.15. The Morgan fingerprint density at radius 1 is 1.20 bits per heavy atom. The maximum Gasteiger partial charge on any atom is 0.0963 e. The third-order valence-corrected chi connectivity index (χ3v) is 3.80. The predicted octanol–water partition coefficient (Wildman–Crippen LogP) is 4.00. The molecule has 1 aliphatic rings. The fraction of sp³-hybridized carbons (Fsp3) is 0.308. The van der Waals surface area contributed by atoms with Crippen LogP contribution in [-0.4, -0.2) is 4.98 Å². The predicted molar refractivity (Wildman–Crippen MR) is 64.3 cm³/mol.